The molecule has 4 nitrogen and oxygen atoms in total. The van der Waals surface area contributed by atoms with Gasteiger partial charge < -0.3 is 4.57 Å². The summed E-state index contributed by atoms with van der Waals surface area (Å²) in [5.41, 5.74) is 0.190. The summed E-state index contributed by atoms with van der Waals surface area (Å²) in [6.45, 7) is -1.10. The van der Waals surface area contributed by atoms with Crippen molar-refractivity contribution in [2.24, 2.45) is 0 Å². The minimum Gasteiger partial charge on any atom is -0.338 e. The molecule has 0 saturated carbocycles. The predicted molar refractivity (Wildman–Crippen MR) is 54.6 cm³/mol. The maximum atomic E-state index is 12.2. The van der Waals surface area contributed by atoms with Crippen molar-refractivity contribution in [3.63, 3.8) is 0 Å². The highest BCUT2D eigenvalue weighted by Gasteiger charge is 2.28. The van der Waals surface area contributed by atoms with Crippen molar-refractivity contribution in [1.29, 1.82) is 0 Å². The summed E-state index contributed by atoms with van der Waals surface area (Å²) >= 11 is 0. The lowest BCUT2D eigenvalue weighted by Gasteiger charge is -2.08. The van der Waals surface area contributed by atoms with Crippen LogP contribution in [0.3, 0.4) is 0 Å². The number of alkyl halides is 3. The highest BCUT2D eigenvalue weighted by atomic mass is 19.4. The minimum absolute atomic E-state index is 0.137. The lowest BCUT2D eigenvalue weighted by Crippen LogP contribution is -2.16. The molecule has 0 aliphatic carbocycles. The molecule has 0 fully saturated rings. The molecular weight excluding hydrogens is 237 g/mol. The Labute approximate surface area is 93.4 Å². The number of nitro benzene ring substituents is 1. The van der Waals surface area contributed by atoms with E-state index in [1.165, 1.54) is 30.5 Å². The van der Waals surface area contributed by atoms with E-state index in [4.69, 9.17) is 0 Å². The Balaban J connectivity index is 2.45. The molecule has 2 aromatic rings. The van der Waals surface area contributed by atoms with Crippen LogP contribution < -0.4 is 0 Å². The Hall–Kier alpha value is -2.05. The van der Waals surface area contributed by atoms with E-state index in [1.807, 2.05) is 0 Å². The standard InChI is InChI=1S/C10H7F3N2O2/c11-10(12,13)6-14-4-3-7-5-8(15(16)17)1-2-9(7)14/h1-5H,6H2. The summed E-state index contributed by atoms with van der Waals surface area (Å²) in [6.07, 6.45) is -3.05. The van der Waals surface area contributed by atoms with Gasteiger partial charge in [-0.15, -0.1) is 0 Å². The average molecular weight is 244 g/mol. The zero-order valence-electron chi connectivity index (χ0n) is 8.44. The molecule has 0 radical (unpaired) electrons. The van der Waals surface area contributed by atoms with E-state index in [0.717, 1.165) is 4.57 Å². The molecule has 0 N–H and O–H groups in total. The van der Waals surface area contributed by atoms with Crippen LogP contribution in [-0.4, -0.2) is 15.7 Å². The Morgan fingerprint density at radius 1 is 1.29 bits per heavy atom. The fourth-order valence-corrected chi connectivity index (χ4v) is 1.63. The Bertz CT molecular complexity index is 574. The van der Waals surface area contributed by atoms with E-state index in [-0.39, 0.29) is 5.69 Å². The van der Waals surface area contributed by atoms with E-state index in [2.05, 4.69) is 0 Å². The zero-order chi connectivity index (χ0) is 12.6. The third-order valence-electron chi connectivity index (χ3n) is 2.32. The molecule has 1 aromatic heterocycles. The smallest absolute Gasteiger partial charge is 0.338 e. The molecule has 2 rings (SSSR count). The number of halogens is 3. The lowest BCUT2D eigenvalue weighted by atomic mass is 10.2. The Kier molecular flexibility index (Phi) is 2.53. The second-order valence-corrected chi connectivity index (χ2v) is 3.56. The quantitative estimate of drug-likeness (QED) is 0.602. The molecule has 0 atom stereocenters. The fraction of sp³-hybridized carbons (Fsp3) is 0.200. The molecule has 1 heterocycles. The van der Waals surface area contributed by atoms with Gasteiger partial charge in [-0.3, -0.25) is 10.1 Å². The number of fused-ring (bicyclic) bond motifs is 1. The molecule has 0 amide bonds. The van der Waals surface area contributed by atoms with Crippen molar-refractivity contribution in [2.45, 2.75) is 12.7 Å². The van der Waals surface area contributed by atoms with E-state index in [0.29, 0.717) is 10.9 Å². The van der Waals surface area contributed by atoms with E-state index < -0.39 is 17.6 Å². The summed E-state index contributed by atoms with van der Waals surface area (Å²) < 4.78 is 37.7. The normalized spacial score (nSPS) is 11.9. The van der Waals surface area contributed by atoms with Crippen molar-refractivity contribution in [3.8, 4) is 0 Å². The third-order valence-corrected chi connectivity index (χ3v) is 2.32. The molecule has 0 spiro atoms. The molecule has 0 bridgehead atoms. The number of aromatic nitrogens is 1. The highest BCUT2D eigenvalue weighted by molar-refractivity contribution is 5.82. The van der Waals surface area contributed by atoms with Crippen LogP contribution in [0.15, 0.2) is 30.5 Å². The monoisotopic (exact) mass is 244 g/mol. The maximum absolute atomic E-state index is 12.2. The SMILES string of the molecule is O=[N+]([O-])c1ccc2c(ccn2CC(F)(F)F)c1. The summed E-state index contributed by atoms with van der Waals surface area (Å²) in [5.74, 6) is 0. The van der Waals surface area contributed by atoms with Gasteiger partial charge in [-0.1, -0.05) is 0 Å². The lowest BCUT2D eigenvalue weighted by molar-refractivity contribution is -0.384. The largest absolute Gasteiger partial charge is 0.406 e. The molecule has 0 aliphatic heterocycles. The molecule has 7 heteroatoms. The summed E-state index contributed by atoms with van der Waals surface area (Å²) in [4.78, 5) is 9.92. The first-order valence-electron chi connectivity index (χ1n) is 4.67. The Morgan fingerprint density at radius 3 is 2.59 bits per heavy atom. The van der Waals surface area contributed by atoms with Gasteiger partial charge in [0.05, 0.1) is 4.92 Å². The van der Waals surface area contributed by atoms with Crippen LogP contribution in [0.25, 0.3) is 10.9 Å². The van der Waals surface area contributed by atoms with Gasteiger partial charge in [0.15, 0.2) is 0 Å². The van der Waals surface area contributed by atoms with Crippen molar-refractivity contribution in [2.75, 3.05) is 0 Å². The first-order chi connectivity index (χ1) is 7.87. The van der Waals surface area contributed by atoms with Gasteiger partial charge in [0, 0.05) is 29.2 Å². The molecule has 1 aromatic carbocycles. The van der Waals surface area contributed by atoms with E-state index >= 15 is 0 Å². The molecule has 0 unspecified atom stereocenters. The zero-order valence-corrected chi connectivity index (χ0v) is 8.44. The van der Waals surface area contributed by atoms with Gasteiger partial charge in [0.2, 0.25) is 0 Å². The summed E-state index contributed by atoms with van der Waals surface area (Å²) in [7, 11) is 0. The Morgan fingerprint density at radius 2 is 2.00 bits per heavy atom. The predicted octanol–water partition coefficient (Wildman–Crippen LogP) is 3.11. The van der Waals surface area contributed by atoms with Crippen molar-refractivity contribution in [3.05, 3.63) is 40.6 Å². The second kappa shape index (κ2) is 3.76. The molecule has 90 valence electrons. The fourth-order valence-electron chi connectivity index (χ4n) is 1.63. The number of rotatable bonds is 2. The van der Waals surface area contributed by atoms with Crippen molar-refractivity contribution < 1.29 is 18.1 Å². The molecule has 17 heavy (non-hydrogen) atoms. The van der Waals surface area contributed by atoms with E-state index in [9.17, 15) is 23.3 Å². The van der Waals surface area contributed by atoms with Gasteiger partial charge in [0.25, 0.3) is 5.69 Å². The second-order valence-electron chi connectivity index (χ2n) is 3.56. The van der Waals surface area contributed by atoms with Crippen LogP contribution in [-0.2, 0) is 6.54 Å². The van der Waals surface area contributed by atoms with Gasteiger partial charge in [0.1, 0.15) is 6.54 Å². The van der Waals surface area contributed by atoms with Crippen molar-refractivity contribution in [1.82, 2.24) is 4.57 Å². The number of hydrogen-bond donors (Lipinski definition) is 0. The van der Waals surface area contributed by atoms with Crippen LogP contribution in [0, 0.1) is 10.1 Å². The van der Waals surface area contributed by atoms with Gasteiger partial charge in [-0.05, 0) is 12.1 Å². The van der Waals surface area contributed by atoms with E-state index in [1.54, 1.807) is 0 Å². The van der Waals surface area contributed by atoms with Crippen LogP contribution in [0.5, 0.6) is 0 Å². The average Bonchev–Trinajstić information content (AvgIpc) is 2.58. The first-order valence-corrected chi connectivity index (χ1v) is 4.67. The van der Waals surface area contributed by atoms with Crippen molar-refractivity contribution >= 4 is 16.6 Å². The molecule has 0 saturated heterocycles. The number of benzene rings is 1. The minimum atomic E-state index is -4.31. The van der Waals surface area contributed by atoms with Gasteiger partial charge >= 0.3 is 6.18 Å². The number of non-ortho nitro benzene ring substituents is 1. The first kappa shape index (κ1) is 11.4. The van der Waals surface area contributed by atoms with Crippen LogP contribution in [0.1, 0.15) is 0 Å². The number of hydrogen-bond acceptors (Lipinski definition) is 2. The summed E-state index contributed by atoms with van der Waals surface area (Å²) in [6, 6.07) is 5.19. The van der Waals surface area contributed by atoms with Crippen LogP contribution in [0.2, 0.25) is 0 Å². The van der Waals surface area contributed by atoms with Crippen LogP contribution in [0.4, 0.5) is 18.9 Å². The highest BCUT2D eigenvalue weighted by Crippen LogP contribution is 2.25. The maximum Gasteiger partial charge on any atom is 0.406 e. The molecule has 0 aliphatic rings. The van der Waals surface area contributed by atoms with Gasteiger partial charge in [-0.25, -0.2) is 0 Å². The topological polar surface area (TPSA) is 48.1 Å². The van der Waals surface area contributed by atoms with Crippen LogP contribution >= 0.6 is 0 Å². The number of nitrogens with zero attached hydrogens (tertiary/aromatic N) is 2. The van der Waals surface area contributed by atoms with Gasteiger partial charge in [-0.2, -0.15) is 13.2 Å². The third kappa shape index (κ3) is 2.38. The molecular formula is C10H7F3N2O2. The number of nitro groups is 1. The summed E-state index contributed by atoms with van der Waals surface area (Å²) in [5, 5.41) is 10.9.